The molecule has 1 heterocycles. The van der Waals surface area contributed by atoms with Gasteiger partial charge in [0.1, 0.15) is 11.5 Å². The summed E-state index contributed by atoms with van der Waals surface area (Å²) in [6.07, 6.45) is 0. The third kappa shape index (κ3) is 6.37. The number of aromatic nitrogens is 2. The van der Waals surface area contributed by atoms with Gasteiger partial charge in [0.05, 0.1) is 35.7 Å². The summed E-state index contributed by atoms with van der Waals surface area (Å²) in [7, 11) is 3.05. The number of hydrogen-bond donors (Lipinski definition) is 1. The van der Waals surface area contributed by atoms with Gasteiger partial charge in [0.15, 0.2) is 5.16 Å². The molecule has 202 valence electrons. The van der Waals surface area contributed by atoms with E-state index in [4.69, 9.17) is 14.5 Å². The van der Waals surface area contributed by atoms with E-state index in [0.29, 0.717) is 57.0 Å². The lowest BCUT2D eigenvalue weighted by Crippen LogP contribution is -2.27. The van der Waals surface area contributed by atoms with Crippen LogP contribution in [-0.4, -0.2) is 41.1 Å². The van der Waals surface area contributed by atoms with E-state index in [1.807, 2.05) is 13.8 Å². The molecule has 1 amide bonds. The molecule has 11 heteroatoms. The number of nitrogens with zero attached hydrogens (tertiary/aromatic N) is 3. The second-order valence-electron chi connectivity index (χ2n) is 9.15. The van der Waals surface area contributed by atoms with Gasteiger partial charge in [-0.3, -0.25) is 24.3 Å². The molecule has 0 radical (unpaired) electrons. The zero-order chi connectivity index (χ0) is 28.1. The van der Waals surface area contributed by atoms with Crippen molar-refractivity contribution in [2.75, 3.05) is 20.8 Å². The van der Waals surface area contributed by atoms with Gasteiger partial charge in [-0.15, -0.1) is 0 Å². The number of fused-ring (bicyclic) bond motifs is 1. The number of benzene rings is 3. The zero-order valence-corrected chi connectivity index (χ0v) is 22.8. The molecule has 0 atom stereocenters. The van der Waals surface area contributed by atoms with Crippen LogP contribution < -0.4 is 20.3 Å². The molecule has 0 fully saturated rings. The van der Waals surface area contributed by atoms with Crippen LogP contribution in [0.1, 0.15) is 29.8 Å². The van der Waals surface area contributed by atoms with Crippen LogP contribution >= 0.6 is 11.8 Å². The first-order valence-corrected chi connectivity index (χ1v) is 13.1. The van der Waals surface area contributed by atoms with Crippen LogP contribution in [0.5, 0.6) is 11.5 Å². The first-order chi connectivity index (χ1) is 18.7. The molecule has 4 aromatic rings. The highest BCUT2D eigenvalue weighted by Crippen LogP contribution is 2.30. The van der Waals surface area contributed by atoms with Crippen LogP contribution in [0.25, 0.3) is 16.6 Å². The normalized spacial score (nSPS) is 11.0. The Morgan fingerprint density at radius 2 is 1.72 bits per heavy atom. The van der Waals surface area contributed by atoms with Crippen molar-refractivity contribution in [1.29, 1.82) is 0 Å². The summed E-state index contributed by atoms with van der Waals surface area (Å²) < 4.78 is 12.3. The highest BCUT2D eigenvalue weighted by Gasteiger charge is 2.17. The minimum absolute atomic E-state index is 0.00348. The molecule has 0 saturated carbocycles. The van der Waals surface area contributed by atoms with Gasteiger partial charge in [-0.2, -0.15) is 0 Å². The van der Waals surface area contributed by atoms with E-state index in [9.17, 15) is 19.7 Å². The number of non-ortho nitro benzene ring substituents is 1. The van der Waals surface area contributed by atoms with E-state index in [0.717, 1.165) is 5.56 Å². The van der Waals surface area contributed by atoms with Crippen molar-refractivity contribution in [2.24, 2.45) is 5.92 Å². The van der Waals surface area contributed by atoms with Crippen LogP contribution in [0, 0.1) is 16.0 Å². The molecule has 0 unspecified atom stereocenters. The Bertz CT molecular complexity index is 1560. The fraction of sp³-hybridized carbons (Fsp3) is 0.250. The smallest absolute Gasteiger partial charge is 0.269 e. The predicted molar refractivity (Wildman–Crippen MR) is 150 cm³/mol. The number of thioether (sulfide) groups is 1. The number of nitro groups is 1. The van der Waals surface area contributed by atoms with Crippen molar-refractivity contribution in [2.45, 2.75) is 24.8 Å². The van der Waals surface area contributed by atoms with Gasteiger partial charge < -0.3 is 14.8 Å². The number of nitrogens with one attached hydrogen (secondary N) is 1. The number of amides is 1. The largest absolute Gasteiger partial charge is 0.497 e. The van der Waals surface area contributed by atoms with Gasteiger partial charge in [0.25, 0.3) is 17.2 Å². The molecule has 10 nitrogen and oxygen atoms in total. The molecule has 0 aliphatic carbocycles. The standard InChI is InChI=1S/C28H28N4O6S/c1-17(2)15-29-26(33)19-7-10-24-25(11-19)30-28(39-16-18-5-8-20(9-6-18)32(35)36)31(27(24)34)21-12-22(37-3)14-23(13-21)38-4/h5-14,17H,15-16H2,1-4H3,(H,29,33). The number of nitro benzene ring substituents is 1. The maximum atomic E-state index is 13.8. The highest BCUT2D eigenvalue weighted by atomic mass is 32.2. The molecule has 0 bridgehead atoms. The SMILES string of the molecule is COc1cc(OC)cc(-n2c(SCc3ccc([N+](=O)[O-])cc3)nc3cc(C(=O)NCC(C)C)ccc3c2=O)c1. The van der Waals surface area contributed by atoms with Crippen molar-refractivity contribution in [3.63, 3.8) is 0 Å². The summed E-state index contributed by atoms with van der Waals surface area (Å²) in [5.74, 6) is 1.45. The van der Waals surface area contributed by atoms with Crippen LogP contribution in [0.15, 0.2) is 70.6 Å². The van der Waals surface area contributed by atoms with Crippen LogP contribution in [-0.2, 0) is 5.75 Å². The second kappa shape index (κ2) is 12.0. The minimum atomic E-state index is -0.454. The van der Waals surface area contributed by atoms with Crippen molar-refractivity contribution < 1.29 is 19.2 Å². The number of carbonyl (C=O) groups excluding carboxylic acids is 1. The Labute approximate surface area is 229 Å². The van der Waals surface area contributed by atoms with Gasteiger partial charge in [-0.25, -0.2) is 4.98 Å². The molecule has 0 spiro atoms. The Hall–Kier alpha value is -4.38. The molecule has 3 aromatic carbocycles. The number of rotatable bonds is 10. The predicted octanol–water partition coefficient (Wildman–Crippen LogP) is 4.99. The van der Waals surface area contributed by atoms with Crippen molar-refractivity contribution in [1.82, 2.24) is 14.9 Å². The molecule has 4 rings (SSSR count). The van der Waals surface area contributed by atoms with E-state index in [-0.39, 0.29) is 17.2 Å². The maximum absolute atomic E-state index is 13.8. The first kappa shape index (κ1) is 27.6. The van der Waals surface area contributed by atoms with E-state index in [1.54, 1.807) is 48.5 Å². The fourth-order valence-electron chi connectivity index (χ4n) is 3.81. The monoisotopic (exact) mass is 548 g/mol. The quantitative estimate of drug-likeness (QED) is 0.127. The van der Waals surface area contributed by atoms with Crippen molar-refractivity contribution in [3.05, 3.63) is 92.3 Å². The zero-order valence-electron chi connectivity index (χ0n) is 22.0. The average Bonchev–Trinajstić information content (AvgIpc) is 2.94. The lowest BCUT2D eigenvalue weighted by atomic mass is 10.1. The Balaban J connectivity index is 1.82. The first-order valence-electron chi connectivity index (χ1n) is 12.1. The van der Waals surface area contributed by atoms with Crippen LogP contribution in [0.3, 0.4) is 0 Å². The van der Waals surface area contributed by atoms with Gasteiger partial charge in [-0.05, 0) is 29.7 Å². The third-order valence-electron chi connectivity index (χ3n) is 5.88. The van der Waals surface area contributed by atoms with E-state index >= 15 is 0 Å². The summed E-state index contributed by atoms with van der Waals surface area (Å²) in [6.45, 7) is 4.54. The minimum Gasteiger partial charge on any atom is -0.497 e. The fourth-order valence-corrected chi connectivity index (χ4v) is 4.78. The molecular weight excluding hydrogens is 520 g/mol. The second-order valence-corrected chi connectivity index (χ2v) is 10.1. The van der Waals surface area contributed by atoms with Crippen LogP contribution in [0.4, 0.5) is 5.69 Å². The number of hydrogen-bond acceptors (Lipinski definition) is 8. The van der Waals surface area contributed by atoms with E-state index in [1.165, 1.54) is 42.7 Å². The summed E-state index contributed by atoms with van der Waals surface area (Å²) in [6, 6.07) is 16.2. The van der Waals surface area contributed by atoms with Gasteiger partial charge in [-0.1, -0.05) is 37.7 Å². The molecule has 0 aliphatic rings. The molecule has 1 aromatic heterocycles. The summed E-state index contributed by atoms with van der Waals surface area (Å²) >= 11 is 1.29. The van der Waals surface area contributed by atoms with E-state index < -0.39 is 4.92 Å². The number of ether oxygens (including phenoxy) is 2. The molecule has 39 heavy (non-hydrogen) atoms. The summed E-state index contributed by atoms with van der Waals surface area (Å²) in [4.78, 5) is 41.8. The number of methoxy groups -OCH3 is 2. The van der Waals surface area contributed by atoms with Crippen LogP contribution in [0.2, 0.25) is 0 Å². The van der Waals surface area contributed by atoms with Crippen molar-refractivity contribution >= 4 is 34.3 Å². The van der Waals surface area contributed by atoms with Gasteiger partial charge >= 0.3 is 0 Å². The Morgan fingerprint density at radius 1 is 1.05 bits per heavy atom. The van der Waals surface area contributed by atoms with Crippen molar-refractivity contribution in [3.8, 4) is 17.2 Å². The van der Waals surface area contributed by atoms with E-state index in [2.05, 4.69) is 5.32 Å². The third-order valence-corrected chi connectivity index (χ3v) is 6.89. The molecule has 0 saturated heterocycles. The molecule has 0 aliphatic heterocycles. The lowest BCUT2D eigenvalue weighted by Gasteiger charge is -2.16. The highest BCUT2D eigenvalue weighted by molar-refractivity contribution is 7.98. The maximum Gasteiger partial charge on any atom is 0.269 e. The average molecular weight is 549 g/mol. The summed E-state index contributed by atoms with van der Waals surface area (Å²) in [5.41, 5.74) is 1.77. The lowest BCUT2D eigenvalue weighted by molar-refractivity contribution is -0.384. The number of carbonyl (C=O) groups is 1. The molecule has 1 N–H and O–H groups in total. The molecular formula is C28H28N4O6S. The Kier molecular flexibility index (Phi) is 8.50. The van der Waals surface area contributed by atoms with Gasteiger partial charge in [0.2, 0.25) is 0 Å². The Morgan fingerprint density at radius 3 is 2.31 bits per heavy atom. The topological polar surface area (TPSA) is 126 Å². The summed E-state index contributed by atoms with van der Waals surface area (Å²) in [5, 5.41) is 14.6. The van der Waals surface area contributed by atoms with Gasteiger partial charge in [0, 0.05) is 48.2 Å².